The molecule has 5 heteroatoms. The normalized spacial score (nSPS) is 11.1. The molecule has 0 atom stereocenters. The van der Waals surface area contributed by atoms with Gasteiger partial charge in [0.15, 0.2) is 5.58 Å². The molecular weight excluding hydrogens is 362 g/mol. The quantitative estimate of drug-likeness (QED) is 0.403. The molecule has 3 aromatic carbocycles. The minimum absolute atomic E-state index is 0.528. The Morgan fingerprint density at radius 1 is 0.931 bits per heavy atom. The second-order valence-corrected chi connectivity index (χ2v) is 6.86. The van der Waals surface area contributed by atoms with E-state index in [0.717, 1.165) is 39.6 Å². The molecular formula is C24H19N3O2. The summed E-state index contributed by atoms with van der Waals surface area (Å²) >= 11 is 0. The summed E-state index contributed by atoms with van der Waals surface area (Å²) in [7, 11) is 1.66. The van der Waals surface area contributed by atoms with E-state index in [4.69, 9.17) is 14.1 Å². The number of ether oxygens (including phenoxy) is 1. The summed E-state index contributed by atoms with van der Waals surface area (Å²) in [5.41, 5.74) is 5.49. The average Bonchev–Trinajstić information content (AvgIpc) is 3.38. The molecule has 0 aliphatic heterocycles. The molecule has 29 heavy (non-hydrogen) atoms. The van der Waals surface area contributed by atoms with Gasteiger partial charge in [0.1, 0.15) is 22.8 Å². The van der Waals surface area contributed by atoms with Crippen molar-refractivity contribution in [2.24, 2.45) is 0 Å². The van der Waals surface area contributed by atoms with E-state index in [1.165, 1.54) is 5.56 Å². The highest BCUT2D eigenvalue weighted by molar-refractivity contribution is 5.76. The Hall–Kier alpha value is -3.86. The highest BCUT2D eigenvalue weighted by Gasteiger charge is 2.19. The second-order valence-electron chi connectivity index (χ2n) is 6.86. The maximum atomic E-state index is 6.04. The average molecular weight is 381 g/mol. The minimum atomic E-state index is 0.528. The van der Waals surface area contributed by atoms with E-state index in [9.17, 15) is 0 Å². The van der Waals surface area contributed by atoms with E-state index in [1.807, 2.05) is 48.5 Å². The van der Waals surface area contributed by atoms with Crippen molar-refractivity contribution in [2.75, 3.05) is 7.11 Å². The van der Waals surface area contributed by atoms with Gasteiger partial charge in [0.05, 0.1) is 19.0 Å². The summed E-state index contributed by atoms with van der Waals surface area (Å²) in [5, 5.41) is 0. The van der Waals surface area contributed by atoms with Crippen molar-refractivity contribution in [3.8, 4) is 34.4 Å². The van der Waals surface area contributed by atoms with Crippen LogP contribution < -0.4 is 4.74 Å². The first-order valence-corrected chi connectivity index (χ1v) is 9.38. The topological polar surface area (TPSA) is 53.1 Å². The third-order valence-corrected chi connectivity index (χ3v) is 4.90. The summed E-state index contributed by atoms with van der Waals surface area (Å²) < 4.78 is 13.5. The first kappa shape index (κ1) is 17.3. The van der Waals surface area contributed by atoms with E-state index in [2.05, 4.69) is 40.7 Å². The molecule has 5 aromatic rings. The molecule has 0 bridgehead atoms. The van der Waals surface area contributed by atoms with E-state index < -0.39 is 0 Å². The van der Waals surface area contributed by atoms with Crippen LogP contribution in [0.3, 0.4) is 0 Å². The van der Waals surface area contributed by atoms with E-state index in [1.54, 1.807) is 13.3 Å². The number of nitrogens with zero attached hydrogens (tertiary/aromatic N) is 3. The maximum absolute atomic E-state index is 6.04. The molecule has 0 saturated heterocycles. The predicted molar refractivity (Wildman–Crippen MR) is 113 cm³/mol. The first-order chi connectivity index (χ1) is 14.2. The Labute approximate surface area is 168 Å². The zero-order valence-corrected chi connectivity index (χ0v) is 16.2. The number of aromatic nitrogens is 3. The number of hydrogen-bond donors (Lipinski definition) is 0. The van der Waals surface area contributed by atoms with Crippen LogP contribution in [-0.4, -0.2) is 21.6 Å². The first-order valence-electron chi connectivity index (χ1n) is 9.38. The molecule has 0 fully saturated rings. The summed E-state index contributed by atoms with van der Waals surface area (Å²) in [5.74, 6) is 2.12. The van der Waals surface area contributed by atoms with Crippen molar-refractivity contribution in [1.29, 1.82) is 0 Å². The molecule has 2 aromatic heterocycles. The fraction of sp³-hybridized carbons (Fsp3) is 0.0833. The lowest BCUT2D eigenvalue weighted by molar-refractivity contribution is 0.414. The van der Waals surface area contributed by atoms with Gasteiger partial charge in [-0.1, -0.05) is 48.0 Å². The summed E-state index contributed by atoms with van der Waals surface area (Å²) in [6.07, 6.45) is 1.80. The third-order valence-electron chi connectivity index (χ3n) is 4.90. The molecule has 142 valence electrons. The van der Waals surface area contributed by atoms with Crippen molar-refractivity contribution in [3.05, 3.63) is 84.6 Å². The molecule has 0 radical (unpaired) electrons. The summed E-state index contributed by atoms with van der Waals surface area (Å²) in [6, 6.07) is 23.9. The Balaban J connectivity index is 1.75. The van der Waals surface area contributed by atoms with Crippen LogP contribution in [0.1, 0.15) is 5.56 Å². The van der Waals surface area contributed by atoms with Gasteiger partial charge < -0.3 is 9.15 Å². The van der Waals surface area contributed by atoms with Crippen molar-refractivity contribution >= 4 is 11.1 Å². The molecule has 0 aliphatic carbocycles. The van der Waals surface area contributed by atoms with Crippen molar-refractivity contribution in [2.45, 2.75) is 6.92 Å². The SMILES string of the molecule is COc1cccc(-n2c(-c3nc4ccccc4o3)cnc2-c2ccc(C)cc2)c1. The van der Waals surface area contributed by atoms with Crippen LogP contribution in [0, 0.1) is 6.92 Å². The molecule has 0 spiro atoms. The van der Waals surface area contributed by atoms with Crippen LogP contribution in [0.15, 0.2) is 83.4 Å². The van der Waals surface area contributed by atoms with Gasteiger partial charge in [-0.2, -0.15) is 0 Å². The molecule has 0 aliphatic rings. The van der Waals surface area contributed by atoms with Crippen LogP contribution in [-0.2, 0) is 0 Å². The lowest BCUT2D eigenvalue weighted by Gasteiger charge is -2.12. The van der Waals surface area contributed by atoms with Crippen molar-refractivity contribution in [3.63, 3.8) is 0 Å². The van der Waals surface area contributed by atoms with Gasteiger partial charge in [-0.15, -0.1) is 0 Å². The number of benzene rings is 3. The van der Waals surface area contributed by atoms with Crippen LogP contribution in [0.25, 0.3) is 39.8 Å². The van der Waals surface area contributed by atoms with Gasteiger partial charge in [-0.05, 0) is 31.2 Å². The number of oxazole rings is 1. The molecule has 0 amide bonds. The number of methoxy groups -OCH3 is 1. The third kappa shape index (κ3) is 3.06. The fourth-order valence-electron chi connectivity index (χ4n) is 3.40. The number of rotatable bonds is 4. The number of aryl methyl sites for hydroxylation is 1. The van der Waals surface area contributed by atoms with E-state index in [0.29, 0.717) is 5.89 Å². The zero-order chi connectivity index (χ0) is 19.8. The Kier molecular flexibility index (Phi) is 4.13. The van der Waals surface area contributed by atoms with E-state index >= 15 is 0 Å². The molecule has 0 N–H and O–H groups in total. The van der Waals surface area contributed by atoms with Crippen molar-refractivity contribution in [1.82, 2.24) is 14.5 Å². The second kappa shape index (κ2) is 6.95. The molecule has 5 nitrogen and oxygen atoms in total. The lowest BCUT2D eigenvalue weighted by Crippen LogP contribution is -2.00. The van der Waals surface area contributed by atoms with Crippen molar-refractivity contribution < 1.29 is 9.15 Å². The number of hydrogen-bond acceptors (Lipinski definition) is 4. The molecule has 0 unspecified atom stereocenters. The molecule has 5 rings (SSSR count). The van der Waals surface area contributed by atoms with Crippen LogP contribution in [0.4, 0.5) is 0 Å². The number of para-hydroxylation sites is 2. The number of imidazole rings is 1. The Morgan fingerprint density at radius 3 is 2.55 bits per heavy atom. The Morgan fingerprint density at radius 2 is 1.76 bits per heavy atom. The van der Waals surface area contributed by atoms with Gasteiger partial charge >= 0.3 is 0 Å². The zero-order valence-electron chi connectivity index (χ0n) is 16.2. The van der Waals surface area contributed by atoms with Gasteiger partial charge in [0.2, 0.25) is 5.89 Å². The fourth-order valence-corrected chi connectivity index (χ4v) is 3.40. The van der Waals surface area contributed by atoms with Gasteiger partial charge in [-0.25, -0.2) is 9.97 Å². The monoisotopic (exact) mass is 381 g/mol. The van der Waals surface area contributed by atoms with Gasteiger partial charge in [0, 0.05) is 11.6 Å². The molecule has 2 heterocycles. The Bertz CT molecular complexity index is 1270. The largest absolute Gasteiger partial charge is 0.497 e. The highest BCUT2D eigenvalue weighted by Crippen LogP contribution is 2.32. The van der Waals surface area contributed by atoms with Gasteiger partial charge in [0.25, 0.3) is 0 Å². The van der Waals surface area contributed by atoms with Gasteiger partial charge in [-0.3, -0.25) is 4.57 Å². The molecule has 0 saturated carbocycles. The predicted octanol–water partition coefficient (Wildman–Crippen LogP) is 5.66. The van der Waals surface area contributed by atoms with Crippen LogP contribution >= 0.6 is 0 Å². The number of fused-ring (bicyclic) bond motifs is 1. The maximum Gasteiger partial charge on any atom is 0.246 e. The van der Waals surface area contributed by atoms with Crippen LogP contribution in [0.2, 0.25) is 0 Å². The van der Waals surface area contributed by atoms with E-state index in [-0.39, 0.29) is 0 Å². The lowest BCUT2D eigenvalue weighted by atomic mass is 10.1. The highest BCUT2D eigenvalue weighted by atomic mass is 16.5. The smallest absolute Gasteiger partial charge is 0.246 e. The summed E-state index contributed by atoms with van der Waals surface area (Å²) in [6.45, 7) is 2.07. The standard InChI is InChI=1S/C24H19N3O2/c1-16-10-12-17(13-11-16)23-25-15-21(24-26-20-8-3-4-9-22(20)29-24)27(23)18-6-5-7-19(14-18)28-2/h3-15H,1-2H3. The van der Waals surface area contributed by atoms with Crippen LogP contribution in [0.5, 0.6) is 5.75 Å². The summed E-state index contributed by atoms with van der Waals surface area (Å²) in [4.78, 5) is 9.39. The minimum Gasteiger partial charge on any atom is -0.497 e.